The number of halogens is 1. The second kappa shape index (κ2) is 6.73. The van der Waals surface area contributed by atoms with E-state index in [9.17, 15) is 9.50 Å². The highest BCUT2D eigenvalue weighted by atomic mass is 19.1. The van der Waals surface area contributed by atoms with E-state index < -0.39 is 5.82 Å². The fourth-order valence-corrected chi connectivity index (χ4v) is 1.93. The van der Waals surface area contributed by atoms with Gasteiger partial charge in [0.15, 0.2) is 11.6 Å². The van der Waals surface area contributed by atoms with Gasteiger partial charge >= 0.3 is 0 Å². The molecule has 0 fully saturated rings. The minimum absolute atomic E-state index is 0.0225. The Morgan fingerprint density at radius 1 is 1.29 bits per heavy atom. The predicted molar refractivity (Wildman–Crippen MR) is 74.4 cm³/mol. The van der Waals surface area contributed by atoms with Gasteiger partial charge in [-0.3, -0.25) is 0 Å². The summed E-state index contributed by atoms with van der Waals surface area (Å²) in [5.74, 6) is -0.0342. The molecule has 0 radical (unpaired) electrons. The molecule has 0 saturated heterocycles. The lowest BCUT2D eigenvalue weighted by Crippen LogP contribution is -2.02. The Kier molecular flexibility index (Phi) is 4.75. The highest BCUT2D eigenvalue weighted by Crippen LogP contribution is 2.25. The summed E-state index contributed by atoms with van der Waals surface area (Å²) in [6, 6.07) is 11.4. The summed E-state index contributed by atoms with van der Waals surface area (Å²) in [5, 5.41) is 18.2. The minimum atomic E-state index is -0.532. The van der Waals surface area contributed by atoms with E-state index in [4.69, 9.17) is 14.7 Å². The molecule has 0 bridgehead atoms. The van der Waals surface area contributed by atoms with Crippen LogP contribution in [0.15, 0.2) is 36.4 Å². The van der Waals surface area contributed by atoms with Crippen LogP contribution < -0.4 is 9.47 Å². The van der Waals surface area contributed by atoms with Crippen molar-refractivity contribution < 1.29 is 19.0 Å². The quantitative estimate of drug-likeness (QED) is 0.918. The highest BCUT2D eigenvalue weighted by molar-refractivity contribution is 5.45. The van der Waals surface area contributed by atoms with Crippen molar-refractivity contribution in [3.05, 3.63) is 58.9 Å². The summed E-state index contributed by atoms with van der Waals surface area (Å²) in [4.78, 5) is 0. The number of para-hydroxylation sites is 1. The molecule has 0 atom stereocenters. The number of hydrogen-bond acceptors (Lipinski definition) is 4. The number of nitrogens with zero attached hydrogens (tertiary/aromatic N) is 1. The van der Waals surface area contributed by atoms with Gasteiger partial charge in [0.05, 0.1) is 19.3 Å². The van der Waals surface area contributed by atoms with Crippen molar-refractivity contribution in [2.45, 2.75) is 13.2 Å². The minimum Gasteiger partial charge on any atom is -0.495 e. The van der Waals surface area contributed by atoms with Crippen LogP contribution in [-0.4, -0.2) is 12.2 Å². The van der Waals surface area contributed by atoms with Gasteiger partial charge in [0, 0.05) is 5.56 Å². The zero-order valence-corrected chi connectivity index (χ0v) is 11.5. The molecule has 21 heavy (non-hydrogen) atoms. The molecular weight excluding hydrogens is 273 g/mol. The van der Waals surface area contributed by atoms with Crippen LogP contribution in [0.4, 0.5) is 4.39 Å². The lowest BCUT2D eigenvalue weighted by atomic mass is 10.1. The maximum absolute atomic E-state index is 13.7. The fourth-order valence-electron chi connectivity index (χ4n) is 1.93. The summed E-state index contributed by atoms with van der Waals surface area (Å²) in [6.45, 7) is -0.217. The van der Waals surface area contributed by atoms with E-state index in [2.05, 4.69) is 0 Å². The molecule has 0 unspecified atom stereocenters. The Labute approximate surface area is 122 Å². The topological polar surface area (TPSA) is 62.5 Å². The smallest absolute Gasteiger partial charge is 0.165 e. The maximum Gasteiger partial charge on any atom is 0.165 e. The van der Waals surface area contributed by atoms with E-state index in [1.165, 1.54) is 19.2 Å². The van der Waals surface area contributed by atoms with Crippen LogP contribution in [0.25, 0.3) is 0 Å². The van der Waals surface area contributed by atoms with Gasteiger partial charge in [-0.1, -0.05) is 18.2 Å². The van der Waals surface area contributed by atoms with Crippen LogP contribution in [0.3, 0.4) is 0 Å². The molecule has 0 spiro atoms. The number of hydrogen-bond donors (Lipinski definition) is 1. The molecule has 0 aliphatic carbocycles. The van der Waals surface area contributed by atoms with Gasteiger partial charge in [-0.2, -0.15) is 5.26 Å². The lowest BCUT2D eigenvalue weighted by Gasteiger charge is -2.12. The molecule has 0 amide bonds. The monoisotopic (exact) mass is 287 g/mol. The number of rotatable bonds is 5. The first-order valence-electron chi connectivity index (χ1n) is 6.27. The van der Waals surface area contributed by atoms with Crippen molar-refractivity contribution in [1.29, 1.82) is 5.26 Å². The zero-order valence-electron chi connectivity index (χ0n) is 11.5. The number of methoxy groups -OCH3 is 1. The van der Waals surface area contributed by atoms with Crippen LogP contribution >= 0.6 is 0 Å². The normalized spacial score (nSPS) is 10.0. The SMILES string of the molecule is COc1ccc(COc2c(F)cccc2CO)cc1C#N. The molecule has 108 valence electrons. The van der Waals surface area contributed by atoms with Gasteiger partial charge in [0.1, 0.15) is 18.4 Å². The van der Waals surface area contributed by atoms with E-state index >= 15 is 0 Å². The second-order valence-corrected chi connectivity index (χ2v) is 4.32. The Balaban J connectivity index is 2.19. The van der Waals surface area contributed by atoms with Crippen molar-refractivity contribution in [2.24, 2.45) is 0 Å². The molecule has 2 aromatic carbocycles. The third kappa shape index (κ3) is 3.30. The van der Waals surface area contributed by atoms with Crippen molar-refractivity contribution in [2.75, 3.05) is 7.11 Å². The van der Waals surface area contributed by atoms with E-state index in [-0.39, 0.29) is 19.0 Å². The molecule has 0 aliphatic rings. The molecule has 0 saturated carbocycles. The summed E-state index contributed by atoms with van der Waals surface area (Å²) in [7, 11) is 1.49. The summed E-state index contributed by atoms with van der Waals surface area (Å²) < 4.78 is 24.2. The van der Waals surface area contributed by atoms with Crippen LogP contribution in [-0.2, 0) is 13.2 Å². The Morgan fingerprint density at radius 3 is 2.76 bits per heavy atom. The van der Waals surface area contributed by atoms with Gasteiger partial charge in [0.25, 0.3) is 0 Å². The number of ether oxygens (including phenoxy) is 2. The number of aliphatic hydroxyl groups excluding tert-OH is 1. The zero-order chi connectivity index (χ0) is 15.2. The molecule has 4 nitrogen and oxygen atoms in total. The molecule has 1 N–H and O–H groups in total. The van der Waals surface area contributed by atoms with Gasteiger partial charge < -0.3 is 14.6 Å². The third-order valence-electron chi connectivity index (χ3n) is 2.99. The van der Waals surface area contributed by atoms with E-state index in [1.807, 2.05) is 6.07 Å². The first-order chi connectivity index (χ1) is 10.2. The van der Waals surface area contributed by atoms with E-state index in [0.717, 1.165) is 0 Å². The predicted octanol–water partition coefficient (Wildman–Crippen LogP) is 2.78. The Hall–Kier alpha value is -2.58. The largest absolute Gasteiger partial charge is 0.495 e. The van der Waals surface area contributed by atoms with Crippen molar-refractivity contribution in [3.63, 3.8) is 0 Å². The maximum atomic E-state index is 13.7. The highest BCUT2D eigenvalue weighted by Gasteiger charge is 2.10. The van der Waals surface area contributed by atoms with Crippen LogP contribution in [0.2, 0.25) is 0 Å². The van der Waals surface area contributed by atoms with Gasteiger partial charge in [0.2, 0.25) is 0 Å². The molecule has 0 heterocycles. The summed E-state index contributed by atoms with van der Waals surface area (Å²) >= 11 is 0. The molecule has 5 heteroatoms. The summed E-state index contributed by atoms with van der Waals surface area (Å²) in [5.41, 5.74) is 1.47. The number of nitriles is 1. The molecular formula is C16H14FNO3. The number of benzene rings is 2. The second-order valence-electron chi connectivity index (χ2n) is 4.32. The van der Waals surface area contributed by atoms with Crippen molar-refractivity contribution in [3.8, 4) is 17.6 Å². The van der Waals surface area contributed by atoms with Crippen molar-refractivity contribution >= 4 is 0 Å². The van der Waals surface area contributed by atoms with E-state index in [0.29, 0.717) is 22.4 Å². The standard InChI is InChI=1S/C16H14FNO3/c1-20-15-6-5-11(7-13(15)8-18)10-21-16-12(9-19)3-2-4-14(16)17/h2-7,19H,9-10H2,1H3. The van der Waals surface area contributed by atoms with Crippen LogP contribution in [0, 0.1) is 17.1 Å². The van der Waals surface area contributed by atoms with Crippen molar-refractivity contribution in [1.82, 2.24) is 0 Å². The van der Waals surface area contributed by atoms with E-state index in [1.54, 1.807) is 24.3 Å². The first kappa shape index (κ1) is 14.8. The molecule has 0 aliphatic heterocycles. The van der Waals surface area contributed by atoms with Gasteiger partial charge in [-0.15, -0.1) is 0 Å². The number of aliphatic hydroxyl groups is 1. The average Bonchev–Trinajstić information content (AvgIpc) is 2.53. The van der Waals surface area contributed by atoms with Crippen LogP contribution in [0.5, 0.6) is 11.5 Å². The molecule has 2 aromatic rings. The van der Waals surface area contributed by atoms with Crippen LogP contribution in [0.1, 0.15) is 16.7 Å². The molecule has 0 aromatic heterocycles. The fraction of sp³-hybridized carbons (Fsp3) is 0.188. The Bertz CT molecular complexity index is 680. The molecule has 2 rings (SSSR count). The lowest BCUT2D eigenvalue weighted by molar-refractivity contribution is 0.251. The average molecular weight is 287 g/mol. The Morgan fingerprint density at radius 2 is 2.10 bits per heavy atom. The third-order valence-corrected chi connectivity index (χ3v) is 2.99. The summed E-state index contributed by atoms with van der Waals surface area (Å²) in [6.07, 6.45) is 0. The van der Waals surface area contributed by atoms with Gasteiger partial charge in [-0.25, -0.2) is 4.39 Å². The first-order valence-corrected chi connectivity index (χ1v) is 6.27. The van der Waals surface area contributed by atoms with Gasteiger partial charge in [-0.05, 0) is 23.8 Å².